The Morgan fingerprint density at radius 2 is 2.35 bits per heavy atom. The Balaban J connectivity index is 2.13. The highest BCUT2D eigenvalue weighted by Gasteiger charge is 2.12. The third-order valence-electron chi connectivity index (χ3n) is 3.05. The molecule has 0 radical (unpaired) electrons. The quantitative estimate of drug-likeness (QED) is 0.754. The Bertz CT molecular complexity index is 805. The van der Waals surface area contributed by atoms with Crippen LogP contribution in [0.1, 0.15) is 11.5 Å². The van der Waals surface area contributed by atoms with Crippen LogP contribution in [0.3, 0.4) is 0 Å². The molecule has 0 aliphatic heterocycles. The molecule has 1 aromatic carbocycles. The van der Waals surface area contributed by atoms with Gasteiger partial charge in [-0.05, 0) is 12.1 Å². The van der Waals surface area contributed by atoms with Crippen LogP contribution in [0.2, 0.25) is 0 Å². The van der Waals surface area contributed by atoms with Gasteiger partial charge in [0.15, 0.2) is 0 Å². The van der Waals surface area contributed by atoms with E-state index in [1.54, 1.807) is 7.11 Å². The molecule has 104 valence electrons. The zero-order chi connectivity index (χ0) is 14.1. The minimum Gasteiger partial charge on any atom is -0.497 e. The smallest absolute Gasteiger partial charge is 0.304 e. The van der Waals surface area contributed by atoms with Crippen molar-refractivity contribution in [2.24, 2.45) is 0 Å². The maximum atomic E-state index is 11.2. The van der Waals surface area contributed by atoms with E-state index in [0.29, 0.717) is 12.4 Å². The van der Waals surface area contributed by atoms with Gasteiger partial charge < -0.3 is 14.3 Å². The summed E-state index contributed by atoms with van der Waals surface area (Å²) in [5, 5.41) is 1.81. The number of alkyl halides is 1. The molecule has 0 amide bonds. The van der Waals surface area contributed by atoms with Gasteiger partial charge in [-0.2, -0.15) is 0 Å². The molecule has 0 fully saturated rings. The van der Waals surface area contributed by atoms with Gasteiger partial charge >= 0.3 is 4.87 Å². The van der Waals surface area contributed by atoms with Crippen LogP contribution in [-0.4, -0.2) is 21.6 Å². The first-order valence-electron chi connectivity index (χ1n) is 5.97. The number of nitrogens with one attached hydrogen (secondary N) is 1. The number of benzene rings is 1. The fourth-order valence-corrected chi connectivity index (χ4v) is 2.90. The topological polar surface area (TPSA) is 59.9 Å². The predicted molar refractivity (Wildman–Crippen MR) is 79.9 cm³/mol. The van der Waals surface area contributed by atoms with Crippen molar-refractivity contribution >= 4 is 34.0 Å². The number of nitrogens with zero attached hydrogens (tertiary/aromatic N) is 2. The highest BCUT2D eigenvalue weighted by molar-refractivity contribution is 7.07. The van der Waals surface area contributed by atoms with Gasteiger partial charge in [-0.25, -0.2) is 4.98 Å². The molecular weight excluding hydrogens is 298 g/mol. The summed E-state index contributed by atoms with van der Waals surface area (Å²) in [5.74, 6) is 1.84. The van der Waals surface area contributed by atoms with E-state index >= 15 is 0 Å². The number of imidazole rings is 1. The lowest BCUT2D eigenvalue weighted by Crippen LogP contribution is -2.06. The molecule has 0 saturated carbocycles. The first-order chi connectivity index (χ1) is 9.71. The van der Waals surface area contributed by atoms with Gasteiger partial charge in [-0.1, -0.05) is 11.3 Å². The summed E-state index contributed by atoms with van der Waals surface area (Å²) in [6.45, 7) is 0.532. The van der Waals surface area contributed by atoms with E-state index in [-0.39, 0.29) is 4.87 Å². The molecule has 0 spiro atoms. The number of rotatable bonds is 4. The third-order valence-corrected chi connectivity index (χ3v) is 4.01. The van der Waals surface area contributed by atoms with Gasteiger partial charge in [0.05, 0.1) is 30.6 Å². The van der Waals surface area contributed by atoms with Crippen molar-refractivity contribution in [3.05, 3.63) is 44.8 Å². The van der Waals surface area contributed by atoms with E-state index in [1.807, 2.05) is 28.1 Å². The Morgan fingerprint density at radius 1 is 1.50 bits per heavy atom. The lowest BCUT2D eigenvalue weighted by atomic mass is 10.3. The largest absolute Gasteiger partial charge is 0.497 e. The molecule has 1 N–H and O–H groups in total. The van der Waals surface area contributed by atoms with Crippen LogP contribution in [0, 0.1) is 0 Å². The molecule has 0 unspecified atom stereocenters. The molecule has 2 aromatic heterocycles. The van der Waals surface area contributed by atoms with Crippen molar-refractivity contribution < 1.29 is 4.74 Å². The van der Waals surface area contributed by atoms with Crippen molar-refractivity contribution in [1.82, 2.24) is 14.5 Å². The maximum Gasteiger partial charge on any atom is 0.304 e. The summed E-state index contributed by atoms with van der Waals surface area (Å²) in [5.41, 5.74) is 2.64. The van der Waals surface area contributed by atoms with Crippen molar-refractivity contribution in [3.8, 4) is 5.75 Å². The van der Waals surface area contributed by atoms with E-state index in [4.69, 9.17) is 16.3 Å². The molecule has 2 heterocycles. The van der Waals surface area contributed by atoms with Gasteiger partial charge in [0.25, 0.3) is 0 Å². The Kier molecular flexibility index (Phi) is 3.50. The number of aromatic nitrogens is 3. The second-order valence-corrected chi connectivity index (χ2v) is 5.39. The molecule has 7 heteroatoms. The predicted octanol–water partition coefficient (Wildman–Crippen LogP) is 2.58. The second-order valence-electron chi connectivity index (χ2n) is 4.28. The molecule has 0 bridgehead atoms. The third kappa shape index (κ3) is 2.32. The summed E-state index contributed by atoms with van der Waals surface area (Å²) >= 11 is 7.11. The summed E-state index contributed by atoms with van der Waals surface area (Å²) in [7, 11) is 1.63. The van der Waals surface area contributed by atoms with Crippen molar-refractivity contribution in [2.75, 3.05) is 7.11 Å². The van der Waals surface area contributed by atoms with Crippen LogP contribution in [0.25, 0.3) is 11.0 Å². The summed E-state index contributed by atoms with van der Waals surface area (Å²) in [6, 6.07) is 5.68. The van der Waals surface area contributed by atoms with Crippen molar-refractivity contribution in [3.63, 3.8) is 0 Å². The Labute approximate surface area is 123 Å². The molecular formula is C13H12ClN3O2S. The first kappa shape index (κ1) is 13.2. The van der Waals surface area contributed by atoms with Crippen LogP contribution in [0.15, 0.2) is 28.4 Å². The number of fused-ring (bicyclic) bond motifs is 1. The molecule has 0 aliphatic carbocycles. The summed E-state index contributed by atoms with van der Waals surface area (Å²) in [6.07, 6.45) is 0. The normalized spacial score (nSPS) is 11.1. The number of ether oxygens (including phenoxy) is 1. The van der Waals surface area contributed by atoms with Crippen LogP contribution in [0.5, 0.6) is 5.75 Å². The van der Waals surface area contributed by atoms with Crippen molar-refractivity contribution in [1.29, 1.82) is 0 Å². The van der Waals surface area contributed by atoms with Crippen LogP contribution in [0.4, 0.5) is 0 Å². The number of thiazole rings is 1. The average Bonchev–Trinajstić information content (AvgIpc) is 3.03. The number of H-pyrrole nitrogens is 1. The number of halogens is 1. The minimum atomic E-state index is -0.0607. The lowest BCUT2D eigenvalue weighted by Gasteiger charge is -2.06. The highest BCUT2D eigenvalue weighted by atomic mass is 35.5. The van der Waals surface area contributed by atoms with E-state index < -0.39 is 0 Å². The van der Waals surface area contributed by atoms with Gasteiger partial charge in [0, 0.05) is 17.1 Å². The van der Waals surface area contributed by atoms with Gasteiger partial charge in [-0.15, -0.1) is 11.6 Å². The number of hydrogen-bond acceptors (Lipinski definition) is 4. The summed E-state index contributed by atoms with van der Waals surface area (Å²) in [4.78, 5) is 18.5. The zero-order valence-electron chi connectivity index (χ0n) is 10.7. The number of aromatic amines is 1. The highest BCUT2D eigenvalue weighted by Crippen LogP contribution is 2.23. The van der Waals surface area contributed by atoms with E-state index in [2.05, 4.69) is 9.97 Å². The second kappa shape index (κ2) is 5.30. The van der Waals surface area contributed by atoms with Crippen LogP contribution < -0.4 is 9.61 Å². The van der Waals surface area contributed by atoms with E-state index in [0.717, 1.165) is 39.6 Å². The molecule has 0 aliphatic rings. The van der Waals surface area contributed by atoms with Crippen molar-refractivity contribution in [2.45, 2.75) is 12.4 Å². The molecule has 3 aromatic rings. The molecule has 0 saturated heterocycles. The van der Waals surface area contributed by atoms with Gasteiger partial charge in [-0.3, -0.25) is 4.79 Å². The lowest BCUT2D eigenvalue weighted by molar-refractivity contribution is 0.415. The average molecular weight is 310 g/mol. The van der Waals surface area contributed by atoms with Crippen LogP contribution in [-0.2, 0) is 12.4 Å². The zero-order valence-corrected chi connectivity index (χ0v) is 12.3. The fraction of sp³-hybridized carbons (Fsp3) is 0.231. The Hall–Kier alpha value is -1.79. The van der Waals surface area contributed by atoms with Gasteiger partial charge in [0.1, 0.15) is 11.6 Å². The molecule has 0 atom stereocenters. The molecule has 5 nitrogen and oxygen atoms in total. The van der Waals surface area contributed by atoms with Crippen LogP contribution >= 0.6 is 22.9 Å². The SMILES string of the molecule is COc1ccc2nc(CCl)n(Cc3csc(=O)[nH]3)c2c1. The number of hydrogen-bond donors (Lipinski definition) is 1. The molecule has 3 rings (SSSR count). The maximum absolute atomic E-state index is 11.2. The summed E-state index contributed by atoms with van der Waals surface area (Å²) < 4.78 is 7.23. The van der Waals surface area contributed by atoms with E-state index in [1.165, 1.54) is 0 Å². The molecule has 20 heavy (non-hydrogen) atoms. The Morgan fingerprint density at radius 3 is 3.00 bits per heavy atom. The standard InChI is InChI=1S/C13H12ClN3O2S/c1-19-9-2-3-10-11(4-9)17(12(5-14)16-10)6-8-7-20-13(18)15-8/h2-4,7H,5-6H2,1H3,(H,15,18). The minimum absolute atomic E-state index is 0.0607. The number of methoxy groups -OCH3 is 1. The first-order valence-corrected chi connectivity index (χ1v) is 7.38. The monoisotopic (exact) mass is 309 g/mol. The van der Waals surface area contributed by atoms with Gasteiger partial charge in [0.2, 0.25) is 0 Å². The fourth-order valence-electron chi connectivity index (χ4n) is 2.12. The van der Waals surface area contributed by atoms with E-state index in [9.17, 15) is 4.79 Å².